The predicted octanol–water partition coefficient (Wildman–Crippen LogP) is 15.0. The molecule has 9 aromatic rings. The van der Waals surface area contributed by atoms with Crippen molar-refractivity contribution in [1.82, 2.24) is 9.55 Å². The molecule has 0 amide bonds. The minimum Gasteiger partial charge on any atom is -0.355 e. The van der Waals surface area contributed by atoms with Gasteiger partial charge in [-0.2, -0.15) is 0 Å². The fraction of sp³-hybridized carbons (Fsp3) is 0.179. The highest BCUT2D eigenvalue weighted by Crippen LogP contribution is 2.50. The van der Waals surface area contributed by atoms with Gasteiger partial charge in [0.1, 0.15) is 0 Å². The second-order valence-corrected chi connectivity index (χ2v) is 16.6. The molecule has 2 atom stereocenters. The number of para-hydroxylation sites is 4. The van der Waals surface area contributed by atoms with Gasteiger partial charge >= 0.3 is 0 Å². The third kappa shape index (κ3) is 5.94. The maximum absolute atomic E-state index is 3.73. The monoisotopic (exact) mass is 763 g/mol. The Bertz CT molecular complexity index is 3120. The molecule has 7 aromatic carbocycles. The summed E-state index contributed by atoms with van der Waals surface area (Å²) in [4.78, 5) is 6.33. The Hall–Kier alpha value is -6.58. The van der Waals surface area contributed by atoms with Gasteiger partial charge in [-0.3, -0.25) is 0 Å². The molecular formula is C56H49N3. The van der Waals surface area contributed by atoms with Crippen LogP contribution in [0.25, 0.3) is 66.0 Å². The summed E-state index contributed by atoms with van der Waals surface area (Å²) in [6.07, 6.45) is 14.3. The lowest BCUT2D eigenvalue weighted by atomic mass is 9.86. The number of benzene rings is 7. The maximum Gasteiger partial charge on any atom is 0.0630 e. The van der Waals surface area contributed by atoms with Gasteiger partial charge in [-0.05, 0) is 125 Å². The lowest BCUT2D eigenvalue weighted by Crippen LogP contribution is -2.29. The smallest absolute Gasteiger partial charge is 0.0630 e. The summed E-state index contributed by atoms with van der Waals surface area (Å²) >= 11 is 0. The van der Waals surface area contributed by atoms with E-state index in [1.54, 1.807) is 0 Å². The Balaban J connectivity index is 0.967. The molecule has 2 aliphatic rings. The van der Waals surface area contributed by atoms with Crippen molar-refractivity contribution >= 4 is 60.6 Å². The number of aromatic amines is 1. The van der Waals surface area contributed by atoms with E-state index in [4.69, 9.17) is 0 Å². The van der Waals surface area contributed by atoms with Gasteiger partial charge in [0.25, 0.3) is 0 Å². The highest BCUT2D eigenvalue weighted by molar-refractivity contribution is 6.12. The van der Waals surface area contributed by atoms with E-state index in [1.165, 1.54) is 120 Å². The Kier molecular flexibility index (Phi) is 8.84. The molecule has 2 aromatic heterocycles. The van der Waals surface area contributed by atoms with Crippen LogP contribution in [0.1, 0.15) is 67.7 Å². The maximum atomic E-state index is 3.73. The second kappa shape index (κ2) is 14.7. The molecule has 0 saturated carbocycles. The molecule has 3 heterocycles. The Labute approximate surface area is 346 Å². The zero-order valence-corrected chi connectivity index (χ0v) is 34.0. The molecule has 11 rings (SSSR count). The Morgan fingerprint density at radius 3 is 1.85 bits per heavy atom. The van der Waals surface area contributed by atoms with E-state index in [-0.39, 0.29) is 12.0 Å². The first-order valence-electron chi connectivity index (χ1n) is 21.7. The highest BCUT2D eigenvalue weighted by atomic mass is 15.2. The van der Waals surface area contributed by atoms with E-state index < -0.39 is 0 Å². The SMILES string of the molecule is CCCCc1ccccc1N1c2ccccc2C2C=C(c3ccc4[nH]c5ccc(-c6ccc7c(c6)c6ccccc6n7-c6ccccc6CCCC)cc5c4c3)C=CC21. The van der Waals surface area contributed by atoms with Crippen LogP contribution in [0.2, 0.25) is 0 Å². The van der Waals surface area contributed by atoms with Crippen molar-refractivity contribution in [3.05, 3.63) is 192 Å². The summed E-state index contributed by atoms with van der Waals surface area (Å²) in [6, 6.07) is 57.1. The number of aromatic nitrogens is 2. The lowest BCUT2D eigenvalue weighted by Gasteiger charge is -2.31. The largest absolute Gasteiger partial charge is 0.355 e. The molecule has 0 radical (unpaired) electrons. The van der Waals surface area contributed by atoms with E-state index in [9.17, 15) is 0 Å². The number of anilines is 2. The van der Waals surface area contributed by atoms with E-state index in [1.807, 2.05) is 0 Å². The van der Waals surface area contributed by atoms with Crippen molar-refractivity contribution in [1.29, 1.82) is 0 Å². The standard InChI is InChI=1S/C56H49N3/c1-3-5-15-37-17-7-11-21-51(37)58-53-23-13-9-19-43(53)47-35-41(27-31-55(47)58)39-25-29-49-45(33-39)46-34-40(26-30-50(46)57-49)42-28-32-56-48(36-42)44-20-10-14-24-54(44)59(56)52-22-12-8-18-38(52)16-6-4-2/h7-14,17-36,47,55,57H,3-6,15-16H2,1-2H3. The van der Waals surface area contributed by atoms with Crippen LogP contribution in [0.5, 0.6) is 0 Å². The zero-order chi connectivity index (χ0) is 39.5. The number of unbranched alkanes of at least 4 members (excludes halogenated alkanes) is 2. The van der Waals surface area contributed by atoms with Crippen LogP contribution in [0.3, 0.4) is 0 Å². The first-order chi connectivity index (χ1) is 29.2. The molecule has 0 spiro atoms. The van der Waals surface area contributed by atoms with Crippen LogP contribution >= 0.6 is 0 Å². The summed E-state index contributed by atoms with van der Waals surface area (Å²) in [5.41, 5.74) is 18.0. The molecule has 3 heteroatoms. The number of rotatable bonds is 10. The van der Waals surface area contributed by atoms with Gasteiger partial charge < -0.3 is 14.5 Å². The molecule has 1 aliphatic carbocycles. The average Bonchev–Trinajstić information content (AvgIpc) is 3.94. The van der Waals surface area contributed by atoms with Crippen molar-refractivity contribution in [2.24, 2.45) is 0 Å². The quantitative estimate of drug-likeness (QED) is 0.147. The van der Waals surface area contributed by atoms with Crippen LogP contribution < -0.4 is 4.90 Å². The summed E-state index contributed by atoms with van der Waals surface area (Å²) < 4.78 is 2.48. The second-order valence-electron chi connectivity index (χ2n) is 16.6. The highest BCUT2D eigenvalue weighted by Gasteiger charge is 2.38. The topological polar surface area (TPSA) is 24.0 Å². The normalized spacial score (nSPS) is 16.0. The van der Waals surface area contributed by atoms with E-state index >= 15 is 0 Å². The molecule has 0 fully saturated rings. The molecule has 0 saturated heterocycles. The first kappa shape index (κ1) is 35.6. The van der Waals surface area contributed by atoms with Gasteiger partial charge in [0.15, 0.2) is 0 Å². The van der Waals surface area contributed by atoms with Crippen molar-refractivity contribution in [2.75, 3.05) is 4.90 Å². The molecule has 0 bridgehead atoms. The fourth-order valence-electron chi connectivity index (χ4n) is 10.1. The molecular weight excluding hydrogens is 715 g/mol. The van der Waals surface area contributed by atoms with Crippen LogP contribution in [-0.4, -0.2) is 15.6 Å². The van der Waals surface area contributed by atoms with Crippen molar-refractivity contribution in [2.45, 2.75) is 64.3 Å². The molecule has 2 unspecified atom stereocenters. The molecule has 59 heavy (non-hydrogen) atoms. The van der Waals surface area contributed by atoms with Crippen molar-refractivity contribution < 1.29 is 0 Å². The van der Waals surface area contributed by atoms with Gasteiger partial charge in [-0.1, -0.05) is 136 Å². The van der Waals surface area contributed by atoms with Crippen LogP contribution in [0.4, 0.5) is 11.4 Å². The van der Waals surface area contributed by atoms with Crippen LogP contribution in [-0.2, 0) is 12.8 Å². The number of hydrogen-bond acceptors (Lipinski definition) is 1. The average molecular weight is 764 g/mol. The van der Waals surface area contributed by atoms with Gasteiger partial charge in [-0.25, -0.2) is 0 Å². The third-order valence-corrected chi connectivity index (χ3v) is 13.1. The number of aryl methyl sites for hydroxylation is 2. The molecule has 3 nitrogen and oxygen atoms in total. The molecule has 288 valence electrons. The fourth-order valence-corrected chi connectivity index (χ4v) is 10.1. The minimum absolute atomic E-state index is 0.250. The summed E-state index contributed by atoms with van der Waals surface area (Å²) in [7, 11) is 0. The number of allylic oxidation sites excluding steroid dienone is 2. The first-order valence-corrected chi connectivity index (χ1v) is 21.7. The van der Waals surface area contributed by atoms with E-state index in [0.29, 0.717) is 0 Å². The summed E-state index contributed by atoms with van der Waals surface area (Å²) in [5.74, 6) is 0.279. The number of fused-ring (bicyclic) bond motifs is 9. The van der Waals surface area contributed by atoms with E-state index in [0.717, 1.165) is 18.4 Å². The zero-order valence-electron chi connectivity index (χ0n) is 34.0. The van der Waals surface area contributed by atoms with E-state index in [2.05, 4.69) is 198 Å². The van der Waals surface area contributed by atoms with Crippen molar-refractivity contribution in [3.63, 3.8) is 0 Å². The van der Waals surface area contributed by atoms with Crippen LogP contribution in [0.15, 0.2) is 170 Å². The molecule has 1 aliphatic heterocycles. The lowest BCUT2D eigenvalue weighted by molar-refractivity contribution is 0.738. The van der Waals surface area contributed by atoms with Crippen LogP contribution in [0, 0.1) is 0 Å². The summed E-state index contributed by atoms with van der Waals surface area (Å²) in [5, 5.41) is 5.09. The summed E-state index contributed by atoms with van der Waals surface area (Å²) in [6.45, 7) is 4.55. The van der Waals surface area contributed by atoms with Gasteiger partial charge in [-0.15, -0.1) is 0 Å². The van der Waals surface area contributed by atoms with Gasteiger partial charge in [0.05, 0.1) is 17.1 Å². The predicted molar refractivity (Wildman–Crippen MR) is 251 cm³/mol. The third-order valence-electron chi connectivity index (χ3n) is 13.1. The Morgan fingerprint density at radius 2 is 1.08 bits per heavy atom. The number of nitrogens with zero attached hydrogens (tertiary/aromatic N) is 2. The number of nitrogens with one attached hydrogen (secondary N) is 1. The molecule has 1 N–H and O–H groups in total. The number of hydrogen-bond donors (Lipinski definition) is 1. The van der Waals surface area contributed by atoms with Gasteiger partial charge in [0.2, 0.25) is 0 Å². The number of H-pyrrole nitrogens is 1. The minimum atomic E-state index is 0.250. The van der Waals surface area contributed by atoms with Gasteiger partial charge in [0, 0.05) is 55.6 Å². The Morgan fingerprint density at radius 1 is 0.508 bits per heavy atom. The van der Waals surface area contributed by atoms with Crippen molar-refractivity contribution in [3.8, 4) is 16.8 Å².